The molecule has 19 heavy (non-hydrogen) atoms. The molecule has 1 saturated carbocycles. The van der Waals surface area contributed by atoms with Crippen molar-refractivity contribution in [3.05, 3.63) is 0 Å². The molecule has 1 aliphatic heterocycles. The van der Waals surface area contributed by atoms with Crippen LogP contribution >= 0.6 is 0 Å². The van der Waals surface area contributed by atoms with E-state index in [1.165, 1.54) is 12.8 Å². The molecule has 0 aromatic rings. The first-order valence-corrected chi connectivity index (χ1v) is 7.52. The first kappa shape index (κ1) is 14.4. The average Bonchev–Trinajstić information content (AvgIpc) is 3.20. The van der Waals surface area contributed by atoms with Crippen LogP contribution in [-0.2, 0) is 9.59 Å². The summed E-state index contributed by atoms with van der Waals surface area (Å²) in [5.41, 5.74) is -1.41. The van der Waals surface area contributed by atoms with Crippen molar-refractivity contribution in [3.63, 3.8) is 0 Å². The second kappa shape index (κ2) is 4.80. The van der Waals surface area contributed by atoms with E-state index in [0.29, 0.717) is 12.8 Å². The quantitative estimate of drug-likeness (QED) is 0.828. The van der Waals surface area contributed by atoms with Crippen LogP contribution in [0.5, 0.6) is 0 Å². The summed E-state index contributed by atoms with van der Waals surface area (Å²) in [4.78, 5) is 27.0. The third-order valence-electron chi connectivity index (χ3n) is 5.04. The van der Waals surface area contributed by atoms with Gasteiger partial charge in [-0.2, -0.15) is 0 Å². The Balaban J connectivity index is 2.23. The van der Waals surface area contributed by atoms with Gasteiger partial charge in [-0.25, -0.2) is 0 Å². The highest BCUT2D eigenvalue weighted by Crippen LogP contribution is 2.36. The molecule has 2 unspecified atom stereocenters. The van der Waals surface area contributed by atoms with E-state index in [0.717, 1.165) is 18.9 Å². The van der Waals surface area contributed by atoms with E-state index in [9.17, 15) is 9.59 Å². The van der Waals surface area contributed by atoms with Crippen molar-refractivity contribution in [2.45, 2.75) is 70.9 Å². The van der Waals surface area contributed by atoms with E-state index < -0.39 is 11.1 Å². The standard InChI is InChI=1S/C15H26N2O2/c1-5-14(3)13(19)17(10-9-11-7-8-11)15(4,6-2)12(18)16-14/h11H,5-10H2,1-4H3,(H,16,18). The van der Waals surface area contributed by atoms with Gasteiger partial charge in [0.2, 0.25) is 11.8 Å². The second-order valence-corrected chi connectivity index (χ2v) is 6.46. The molecule has 1 aliphatic carbocycles. The summed E-state index contributed by atoms with van der Waals surface area (Å²) in [6, 6.07) is 0. The van der Waals surface area contributed by atoms with Crippen LogP contribution in [0, 0.1) is 5.92 Å². The highest BCUT2D eigenvalue weighted by atomic mass is 16.2. The van der Waals surface area contributed by atoms with Gasteiger partial charge in [-0.15, -0.1) is 0 Å². The van der Waals surface area contributed by atoms with E-state index in [4.69, 9.17) is 0 Å². The molecule has 1 saturated heterocycles. The van der Waals surface area contributed by atoms with Gasteiger partial charge in [-0.3, -0.25) is 9.59 Å². The minimum absolute atomic E-state index is 0.00486. The van der Waals surface area contributed by atoms with E-state index in [1.807, 2.05) is 32.6 Å². The summed E-state index contributed by atoms with van der Waals surface area (Å²) in [6.07, 6.45) is 4.89. The van der Waals surface area contributed by atoms with Crippen LogP contribution in [0.4, 0.5) is 0 Å². The van der Waals surface area contributed by atoms with Crippen molar-refractivity contribution in [3.8, 4) is 0 Å². The number of nitrogens with one attached hydrogen (secondary N) is 1. The van der Waals surface area contributed by atoms with Gasteiger partial charge in [0.25, 0.3) is 0 Å². The molecule has 0 aromatic heterocycles. The number of rotatable bonds is 5. The summed E-state index contributed by atoms with van der Waals surface area (Å²) < 4.78 is 0. The van der Waals surface area contributed by atoms with Gasteiger partial charge in [0, 0.05) is 6.54 Å². The van der Waals surface area contributed by atoms with Crippen LogP contribution in [0.2, 0.25) is 0 Å². The first-order chi connectivity index (χ1) is 8.87. The fourth-order valence-electron chi connectivity index (χ4n) is 2.74. The van der Waals surface area contributed by atoms with Crippen LogP contribution in [0.1, 0.15) is 59.8 Å². The molecule has 4 nitrogen and oxygen atoms in total. The fourth-order valence-corrected chi connectivity index (χ4v) is 2.74. The molecule has 0 aromatic carbocycles. The van der Waals surface area contributed by atoms with E-state index >= 15 is 0 Å². The summed E-state index contributed by atoms with van der Waals surface area (Å²) >= 11 is 0. The zero-order chi connectivity index (χ0) is 14.3. The van der Waals surface area contributed by atoms with Crippen molar-refractivity contribution in [2.24, 2.45) is 5.92 Å². The number of amides is 2. The largest absolute Gasteiger partial charge is 0.340 e. The predicted molar refractivity (Wildman–Crippen MR) is 74.6 cm³/mol. The second-order valence-electron chi connectivity index (χ2n) is 6.46. The van der Waals surface area contributed by atoms with Gasteiger partial charge in [0.1, 0.15) is 11.1 Å². The Labute approximate surface area is 115 Å². The maximum absolute atomic E-state index is 12.7. The number of piperazine rings is 1. The van der Waals surface area contributed by atoms with Gasteiger partial charge in [0.15, 0.2) is 0 Å². The lowest BCUT2D eigenvalue weighted by molar-refractivity contribution is -0.162. The lowest BCUT2D eigenvalue weighted by Gasteiger charge is -2.50. The third kappa shape index (κ3) is 2.37. The number of hydrogen-bond donors (Lipinski definition) is 1. The smallest absolute Gasteiger partial charge is 0.248 e. The van der Waals surface area contributed by atoms with Crippen molar-refractivity contribution >= 4 is 11.8 Å². The van der Waals surface area contributed by atoms with Crippen LogP contribution in [0.3, 0.4) is 0 Å². The predicted octanol–water partition coefficient (Wildman–Crippen LogP) is 2.08. The normalized spacial score (nSPS) is 35.5. The molecule has 2 amide bonds. The average molecular weight is 266 g/mol. The SMILES string of the molecule is CCC1(C)NC(=O)C(C)(CC)N(CCC2CC2)C1=O. The van der Waals surface area contributed by atoms with Crippen LogP contribution in [-0.4, -0.2) is 34.3 Å². The summed E-state index contributed by atoms with van der Waals surface area (Å²) in [6.45, 7) is 8.38. The van der Waals surface area contributed by atoms with Gasteiger partial charge < -0.3 is 10.2 Å². The van der Waals surface area contributed by atoms with Gasteiger partial charge in [-0.05, 0) is 39.0 Å². The Bertz CT molecular complexity index is 392. The topological polar surface area (TPSA) is 49.4 Å². The van der Waals surface area contributed by atoms with Gasteiger partial charge in [0.05, 0.1) is 0 Å². The highest BCUT2D eigenvalue weighted by Gasteiger charge is 2.52. The van der Waals surface area contributed by atoms with Crippen molar-refractivity contribution in [1.82, 2.24) is 10.2 Å². The molecule has 0 bridgehead atoms. The number of nitrogens with zero attached hydrogens (tertiary/aromatic N) is 1. The number of hydrogen-bond acceptors (Lipinski definition) is 2. The first-order valence-electron chi connectivity index (χ1n) is 7.52. The minimum atomic E-state index is -0.727. The lowest BCUT2D eigenvalue weighted by Crippen LogP contribution is -2.73. The Morgan fingerprint density at radius 3 is 2.32 bits per heavy atom. The molecule has 0 radical (unpaired) electrons. The van der Waals surface area contributed by atoms with E-state index in [-0.39, 0.29) is 11.8 Å². The van der Waals surface area contributed by atoms with Crippen LogP contribution < -0.4 is 5.32 Å². The summed E-state index contributed by atoms with van der Waals surface area (Å²) in [7, 11) is 0. The molecule has 0 spiro atoms. The summed E-state index contributed by atoms with van der Waals surface area (Å²) in [5, 5.41) is 2.94. The Kier molecular flexibility index (Phi) is 3.63. The zero-order valence-corrected chi connectivity index (χ0v) is 12.6. The highest BCUT2D eigenvalue weighted by molar-refractivity contribution is 6.01. The maximum Gasteiger partial charge on any atom is 0.248 e. The van der Waals surface area contributed by atoms with Crippen molar-refractivity contribution < 1.29 is 9.59 Å². The molecule has 2 atom stereocenters. The molecule has 1 heterocycles. The number of carbonyl (C=O) groups is 2. The molecular formula is C15H26N2O2. The monoisotopic (exact) mass is 266 g/mol. The molecule has 2 fully saturated rings. The molecule has 2 rings (SSSR count). The molecule has 108 valence electrons. The summed E-state index contributed by atoms with van der Waals surface area (Å²) in [5.74, 6) is 0.848. The number of carbonyl (C=O) groups excluding carboxylic acids is 2. The molecule has 1 N–H and O–H groups in total. The fraction of sp³-hybridized carbons (Fsp3) is 0.867. The third-order valence-corrected chi connectivity index (χ3v) is 5.04. The zero-order valence-electron chi connectivity index (χ0n) is 12.6. The Morgan fingerprint density at radius 1 is 1.21 bits per heavy atom. The lowest BCUT2D eigenvalue weighted by atomic mass is 9.84. The van der Waals surface area contributed by atoms with Crippen LogP contribution in [0.25, 0.3) is 0 Å². The maximum atomic E-state index is 12.7. The Hall–Kier alpha value is -1.06. The van der Waals surface area contributed by atoms with E-state index in [1.54, 1.807) is 0 Å². The molecule has 4 heteroatoms. The van der Waals surface area contributed by atoms with Gasteiger partial charge in [-0.1, -0.05) is 26.7 Å². The van der Waals surface area contributed by atoms with Gasteiger partial charge >= 0.3 is 0 Å². The molecule has 2 aliphatic rings. The minimum Gasteiger partial charge on any atom is -0.340 e. The van der Waals surface area contributed by atoms with E-state index in [2.05, 4.69) is 5.32 Å². The molecular weight excluding hydrogens is 240 g/mol. The van der Waals surface area contributed by atoms with Crippen molar-refractivity contribution in [2.75, 3.05) is 6.54 Å². The Morgan fingerprint density at radius 2 is 1.84 bits per heavy atom. The van der Waals surface area contributed by atoms with Crippen molar-refractivity contribution in [1.29, 1.82) is 0 Å². The van der Waals surface area contributed by atoms with Crippen LogP contribution in [0.15, 0.2) is 0 Å².